The second-order valence-electron chi connectivity index (χ2n) is 5.95. The minimum atomic E-state index is -0.533. The van der Waals surface area contributed by atoms with Gasteiger partial charge in [0.1, 0.15) is 25.6 Å². The van der Waals surface area contributed by atoms with Crippen LogP contribution in [0.15, 0.2) is 42.5 Å². The number of nitrogens with one attached hydrogen (secondary N) is 1. The molecule has 0 saturated carbocycles. The van der Waals surface area contributed by atoms with E-state index in [0.29, 0.717) is 39.9 Å². The molecule has 0 spiro atoms. The first-order valence-electron chi connectivity index (χ1n) is 7.98. The molecule has 6 heteroatoms. The average Bonchev–Trinajstić information content (AvgIpc) is 2.64. The van der Waals surface area contributed by atoms with E-state index in [2.05, 4.69) is 5.32 Å². The van der Waals surface area contributed by atoms with E-state index in [1.807, 2.05) is 18.2 Å². The predicted molar refractivity (Wildman–Crippen MR) is 98.1 cm³/mol. The molecule has 0 unspecified atom stereocenters. The van der Waals surface area contributed by atoms with Crippen molar-refractivity contribution in [2.24, 2.45) is 0 Å². The molecule has 3 aromatic carbocycles. The SMILES string of the molecule is [B]c1ccc2c(c1)-c1ccc(CC=O)c3c(C(=O)NC=O)ccc(c13)O2. The van der Waals surface area contributed by atoms with E-state index in [4.69, 9.17) is 12.6 Å². The number of ether oxygens (including phenoxy) is 1. The van der Waals surface area contributed by atoms with E-state index in [0.717, 1.165) is 22.8 Å². The Kier molecular flexibility index (Phi) is 3.80. The van der Waals surface area contributed by atoms with Gasteiger partial charge < -0.3 is 9.53 Å². The van der Waals surface area contributed by atoms with Crippen LogP contribution in [0.5, 0.6) is 11.5 Å². The molecule has 3 aromatic rings. The number of benzene rings is 3. The molecule has 26 heavy (non-hydrogen) atoms. The summed E-state index contributed by atoms with van der Waals surface area (Å²) in [5.41, 5.74) is 3.26. The normalized spacial score (nSPS) is 11.4. The zero-order valence-electron chi connectivity index (χ0n) is 13.6. The van der Waals surface area contributed by atoms with Crippen molar-refractivity contribution in [1.29, 1.82) is 0 Å². The van der Waals surface area contributed by atoms with E-state index < -0.39 is 5.91 Å². The smallest absolute Gasteiger partial charge is 0.258 e. The molecule has 0 atom stereocenters. The van der Waals surface area contributed by atoms with Gasteiger partial charge in [0.25, 0.3) is 5.91 Å². The molecule has 2 amide bonds. The van der Waals surface area contributed by atoms with E-state index in [1.54, 1.807) is 24.3 Å². The standard InChI is InChI=1S/C20H12BNO4/c21-12-2-5-16-15(9-12)13-3-1-11(7-8-23)18-14(20(25)22-10-24)4-6-17(26-16)19(13)18/h1-6,8-10H,7H2,(H,22,24,25). The van der Waals surface area contributed by atoms with Crippen LogP contribution in [0.2, 0.25) is 0 Å². The number of rotatable bonds is 4. The van der Waals surface area contributed by atoms with Gasteiger partial charge in [-0.2, -0.15) is 0 Å². The summed E-state index contributed by atoms with van der Waals surface area (Å²) in [5.74, 6) is 0.720. The van der Waals surface area contributed by atoms with Crippen LogP contribution >= 0.6 is 0 Å². The van der Waals surface area contributed by atoms with Gasteiger partial charge in [-0.25, -0.2) is 0 Å². The van der Waals surface area contributed by atoms with Gasteiger partial charge in [-0.1, -0.05) is 29.7 Å². The van der Waals surface area contributed by atoms with E-state index in [1.165, 1.54) is 0 Å². The third kappa shape index (κ3) is 2.38. The van der Waals surface area contributed by atoms with Crippen molar-refractivity contribution >= 4 is 42.7 Å². The molecule has 2 radical (unpaired) electrons. The van der Waals surface area contributed by atoms with E-state index >= 15 is 0 Å². The maximum atomic E-state index is 12.4. The first-order valence-corrected chi connectivity index (χ1v) is 7.98. The van der Waals surface area contributed by atoms with Gasteiger partial charge in [0.15, 0.2) is 0 Å². The maximum absolute atomic E-state index is 12.4. The number of amides is 2. The van der Waals surface area contributed by atoms with Gasteiger partial charge in [-0.15, -0.1) is 0 Å². The Hall–Kier alpha value is -3.41. The number of hydrogen-bond acceptors (Lipinski definition) is 4. The molecule has 1 N–H and O–H groups in total. The van der Waals surface area contributed by atoms with Gasteiger partial charge in [0.05, 0.1) is 0 Å². The molecule has 1 aliphatic heterocycles. The van der Waals surface area contributed by atoms with Crippen molar-refractivity contribution in [3.8, 4) is 22.6 Å². The summed E-state index contributed by atoms with van der Waals surface area (Å²) in [6, 6.07) is 12.4. The average molecular weight is 341 g/mol. The van der Waals surface area contributed by atoms with Gasteiger partial charge in [-0.3, -0.25) is 14.9 Å². The summed E-state index contributed by atoms with van der Waals surface area (Å²) < 4.78 is 5.99. The van der Waals surface area contributed by atoms with Crippen LogP contribution < -0.4 is 15.5 Å². The molecular weight excluding hydrogens is 329 g/mol. The minimum absolute atomic E-state index is 0.144. The van der Waals surface area contributed by atoms with Crippen molar-refractivity contribution < 1.29 is 19.1 Å². The van der Waals surface area contributed by atoms with Gasteiger partial charge in [-0.05, 0) is 29.3 Å². The lowest BCUT2D eigenvalue weighted by molar-refractivity contribution is -0.109. The maximum Gasteiger partial charge on any atom is 0.258 e. The molecule has 0 aromatic heterocycles. The van der Waals surface area contributed by atoms with Crippen LogP contribution in [0.25, 0.3) is 21.9 Å². The fourth-order valence-corrected chi connectivity index (χ4v) is 3.39. The third-order valence-electron chi connectivity index (χ3n) is 4.46. The fourth-order valence-electron chi connectivity index (χ4n) is 3.39. The summed E-state index contributed by atoms with van der Waals surface area (Å²) >= 11 is 0. The second-order valence-corrected chi connectivity index (χ2v) is 5.95. The summed E-state index contributed by atoms with van der Waals surface area (Å²) in [6.45, 7) is 0. The lowest BCUT2D eigenvalue weighted by atomic mass is 9.86. The minimum Gasteiger partial charge on any atom is -0.456 e. The quantitative estimate of drug-likeness (QED) is 0.455. The second kappa shape index (κ2) is 6.15. The topological polar surface area (TPSA) is 72.5 Å². The van der Waals surface area contributed by atoms with Crippen molar-refractivity contribution in [1.82, 2.24) is 5.32 Å². The third-order valence-corrected chi connectivity index (χ3v) is 4.46. The van der Waals surface area contributed by atoms with Crippen LogP contribution in [0.1, 0.15) is 15.9 Å². The van der Waals surface area contributed by atoms with Crippen LogP contribution in [0.3, 0.4) is 0 Å². The van der Waals surface area contributed by atoms with Gasteiger partial charge in [0.2, 0.25) is 6.41 Å². The van der Waals surface area contributed by atoms with Crippen LogP contribution in [-0.4, -0.2) is 26.4 Å². The largest absolute Gasteiger partial charge is 0.456 e. The molecule has 0 aliphatic carbocycles. The van der Waals surface area contributed by atoms with Crippen molar-refractivity contribution in [3.63, 3.8) is 0 Å². The highest BCUT2D eigenvalue weighted by Crippen LogP contribution is 2.47. The van der Waals surface area contributed by atoms with Gasteiger partial charge in [0, 0.05) is 28.3 Å². The molecular formula is C20H12BNO4. The Morgan fingerprint density at radius 2 is 1.81 bits per heavy atom. The molecule has 1 aliphatic rings. The van der Waals surface area contributed by atoms with Gasteiger partial charge >= 0.3 is 0 Å². The highest BCUT2D eigenvalue weighted by Gasteiger charge is 2.24. The molecule has 124 valence electrons. The Morgan fingerprint density at radius 3 is 2.58 bits per heavy atom. The summed E-state index contributed by atoms with van der Waals surface area (Å²) in [6.07, 6.45) is 1.26. The molecule has 0 saturated heterocycles. The molecule has 0 fully saturated rings. The highest BCUT2D eigenvalue weighted by molar-refractivity contribution is 6.33. The Bertz CT molecular complexity index is 1090. The molecule has 0 bridgehead atoms. The number of carbonyl (C=O) groups excluding carboxylic acids is 3. The Morgan fingerprint density at radius 1 is 1.00 bits per heavy atom. The predicted octanol–water partition coefficient (Wildman–Crippen LogP) is 2.03. The molecule has 4 rings (SSSR count). The van der Waals surface area contributed by atoms with Crippen molar-refractivity contribution in [3.05, 3.63) is 53.6 Å². The summed E-state index contributed by atoms with van der Waals surface area (Å²) in [4.78, 5) is 34.2. The van der Waals surface area contributed by atoms with E-state index in [9.17, 15) is 14.4 Å². The summed E-state index contributed by atoms with van der Waals surface area (Å²) in [7, 11) is 5.92. The van der Waals surface area contributed by atoms with Crippen LogP contribution in [-0.2, 0) is 16.0 Å². The number of imide groups is 1. The van der Waals surface area contributed by atoms with E-state index in [-0.39, 0.29) is 6.42 Å². The zero-order chi connectivity index (χ0) is 18.3. The van der Waals surface area contributed by atoms with Crippen molar-refractivity contribution in [2.45, 2.75) is 6.42 Å². The molecule has 5 nitrogen and oxygen atoms in total. The first kappa shape index (κ1) is 16.1. The van der Waals surface area contributed by atoms with Crippen LogP contribution in [0, 0.1) is 0 Å². The number of hydrogen-bond donors (Lipinski definition) is 1. The summed E-state index contributed by atoms with van der Waals surface area (Å²) in [5, 5.41) is 3.48. The fraction of sp³-hybridized carbons (Fsp3) is 0.0500. The number of fused-ring (bicyclic) bond motifs is 2. The lowest BCUT2D eigenvalue weighted by Gasteiger charge is -2.24. The lowest BCUT2D eigenvalue weighted by Crippen LogP contribution is -2.22. The Labute approximate surface area is 150 Å². The van der Waals surface area contributed by atoms with Crippen LogP contribution in [0.4, 0.5) is 0 Å². The zero-order valence-corrected chi connectivity index (χ0v) is 13.6. The number of aldehydes is 1. The monoisotopic (exact) mass is 341 g/mol. The Balaban J connectivity index is 2.10. The number of carbonyl (C=O) groups is 3. The molecule has 1 heterocycles. The first-order chi connectivity index (χ1) is 12.6. The van der Waals surface area contributed by atoms with Crippen molar-refractivity contribution in [2.75, 3.05) is 0 Å². The highest BCUT2D eigenvalue weighted by atomic mass is 16.5.